The monoisotopic (exact) mass is 277 g/mol. The van der Waals surface area contributed by atoms with Gasteiger partial charge in [0, 0.05) is 12.0 Å². The molecule has 0 aromatic rings. The molecule has 1 fully saturated rings. The van der Waals surface area contributed by atoms with Crippen molar-refractivity contribution in [3.8, 4) is 0 Å². The minimum absolute atomic E-state index is 0.0772. The van der Waals surface area contributed by atoms with Gasteiger partial charge < -0.3 is 4.74 Å². The molecule has 0 bridgehead atoms. The summed E-state index contributed by atoms with van der Waals surface area (Å²) in [7, 11) is -3.41. The van der Waals surface area contributed by atoms with E-state index in [1.165, 1.54) is 19.3 Å². The molecule has 0 atom stereocenters. The molecule has 1 aliphatic carbocycles. The average Bonchev–Trinajstić information content (AvgIpc) is 2.27. The smallest absolute Gasteiger partial charge is 0.209 e. The maximum Gasteiger partial charge on any atom is 0.209 e. The molecule has 0 unspecified atom stereocenters. The lowest BCUT2D eigenvalue weighted by Gasteiger charge is -2.36. The first-order valence-electron chi connectivity index (χ1n) is 7.06. The molecule has 0 aromatic carbocycles. The highest BCUT2D eigenvalue weighted by molar-refractivity contribution is 7.89. The van der Waals surface area contributed by atoms with Gasteiger partial charge in [0.25, 0.3) is 0 Å². The van der Waals surface area contributed by atoms with Crippen molar-refractivity contribution in [3.05, 3.63) is 0 Å². The van der Waals surface area contributed by atoms with Gasteiger partial charge in [0.05, 0.1) is 12.4 Å². The van der Waals surface area contributed by atoms with Crippen molar-refractivity contribution >= 4 is 10.0 Å². The third kappa shape index (κ3) is 6.16. The molecule has 1 saturated carbocycles. The van der Waals surface area contributed by atoms with E-state index in [4.69, 9.17) is 9.88 Å². The van der Waals surface area contributed by atoms with Crippen molar-refractivity contribution in [1.29, 1.82) is 0 Å². The molecule has 0 aliphatic heterocycles. The Kier molecular flexibility index (Phi) is 6.60. The number of unbranched alkanes of at least 4 members (excludes halogenated alkanes) is 2. The quantitative estimate of drug-likeness (QED) is 0.693. The minimum atomic E-state index is -3.41. The van der Waals surface area contributed by atoms with E-state index in [-0.39, 0.29) is 11.2 Å². The fraction of sp³-hybridized carbons (Fsp3) is 1.00. The summed E-state index contributed by atoms with van der Waals surface area (Å²) in [5, 5.41) is 5.22. The number of rotatable bonds is 8. The lowest BCUT2D eigenvalue weighted by atomic mass is 9.76. The van der Waals surface area contributed by atoms with Gasteiger partial charge >= 0.3 is 0 Å². The van der Waals surface area contributed by atoms with Gasteiger partial charge in [0.15, 0.2) is 0 Å². The zero-order chi connectivity index (χ0) is 13.5. The van der Waals surface area contributed by atoms with Crippen LogP contribution >= 0.6 is 0 Å². The highest BCUT2D eigenvalue weighted by Crippen LogP contribution is 2.37. The molecule has 1 aliphatic rings. The fourth-order valence-electron chi connectivity index (χ4n) is 2.80. The highest BCUT2D eigenvalue weighted by atomic mass is 32.2. The summed E-state index contributed by atoms with van der Waals surface area (Å²) in [6.45, 7) is 3.44. The maximum atomic E-state index is 11.4. The molecular weight excluding hydrogens is 250 g/mol. The normalized spacial score (nSPS) is 19.9. The molecule has 18 heavy (non-hydrogen) atoms. The van der Waals surface area contributed by atoms with Crippen LogP contribution in [0.4, 0.5) is 0 Å². The largest absolute Gasteiger partial charge is 0.381 e. The summed E-state index contributed by atoms with van der Waals surface area (Å²) in [5.74, 6) is 0.0772. The molecule has 5 heteroatoms. The maximum absolute atomic E-state index is 11.4. The zero-order valence-corrected chi connectivity index (χ0v) is 12.3. The van der Waals surface area contributed by atoms with Crippen LogP contribution in [0.3, 0.4) is 0 Å². The van der Waals surface area contributed by atoms with E-state index in [0.29, 0.717) is 6.61 Å². The van der Waals surface area contributed by atoms with E-state index in [0.717, 1.165) is 38.7 Å². The zero-order valence-electron chi connectivity index (χ0n) is 11.5. The van der Waals surface area contributed by atoms with Crippen LogP contribution in [0.15, 0.2) is 0 Å². The molecule has 108 valence electrons. The lowest BCUT2D eigenvalue weighted by molar-refractivity contribution is 0.0316. The Balaban J connectivity index is 2.45. The van der Waals surface area contributed by atoms with Crippen molar-refractivity contribution in [3.63, 3.8) is 0 Å². The van der Waals surface area contributed by atoms with Crippen molar-refractivity contribution in [2.45, 2.75) is 58.3 Å². The SMILES string of the molecule is CCCCCOCC1(CS(N)(=O)=O)CCCCC1. The van der Waals surface area contributed by atoms with Gasteiger partial charge in [-0.05, 0) is 19.3 Å². The van der Waals surface area contributed by atoms with Crippen molar-refractivity contribution in [1.82, 2.24) is 0 Å². The first-order valence-corrected chi connectivity index (χ1v) is 8.77. The number of hydrogen-bond donors (Lipinski definition) is 1. The van der Waals surface area contributed by atoms with Crippen molar-refractivity contribution in [2.24, 2.45) is 10.6 Å². The van der Waals surface area contributed by atoms with E-state index in [1.54, 1.807) is 0 Å². The molecule has 0 heterocycles. The van der Waals surface area contributed by atoms with Gasteiger partial charge in [-0.25, -0.2) is 13.6 Å². The van der Waals surface area contributed by atoms with Crippen LogP contribution in [0.25, 0.3) is 0 Å². The number of hydrogen-bond acceptors (Lipinski definition) is 3. The van der Waals surface area contributed by atoms with Crippen LogP contribution in [0, 0.1) is 5.41 Å². The van der Waals surface area contributed by atoms with Crippen molar-refractivity contribution < 1.29 is 13.2 Å². The summed E-state index contributed by atoms with van der Waals surface area (Å²) in [4.78, 5) is 0. The second-order valence-electron chi connectivity index (χ2n) is 5.63. The van der Waals surface area contributed by atoms with Crippen LogP contribution in [-0.4, -0.2) is 27.4 Å². The Labute approximate surface area is 111 Å². The summed E-state index contributed by atoms with van der Waals surface area (Å²) in [6, 6.07) is 0. The molecule has 0 aromatic heterocycles. The van der Waals surface area contributed by atoms with Crippen molar-refractivity contribution in [2.75, 3.05) is 19.0 Å². The molecule has 0 amide bonds. The first kappa shape index (κ1) is 15.9. The van der Waals surface area contributed by atoms with Gasteiger partial charge in [-0.1, -0.05) is 39.0 Å². The van der Waals surface area contributed by atoms with Gasteiger partial charge in [0.1, 0.15) is 0 Å². The second kappa shape index (κ2) is 7.46. The van der Waals surface area contributed by atoms with Gasteiger partial charge in [0.2, 0.25) is 10.0 Å². The molecule has 4 nitrogen and oxygen atoms in total. The summed E-state index contributed by atoms with van der Waals surface area (Å²) in [6.07, 6.45) is 8.63. The highest BCUT2D eigenvalue weighted by Gasteiger charge is 2.35. The number of sulfonamides is 1. The Morgan fingerprint density at radius 3 is 2.39 bits per heavy atom. The number of nitrogens with two attached hydrogens (primary N) is 1. The molecule has 0 spiro atoms. The standard InChI is InChI=1S/C13H27NO3S/c1-2-3-7-10-17-11-13(12-18(14,15)16)8-5-4-6-9-13/h2-12H2,1H3,(H2,14,15,16). The summed E-state index contributed by atoms with van der Waals surface area (Å²) < 4.78 is 28.4. The lowest BCUT2D eigenvalue weighted by Crippen LogP contribution is -2.39. The van der Waals surface area contributed by atoms with Crippen LogP contribution < -0.4 is 5.14 Å². The Morgan fingerprint density at radius 2 is 1.83 bits per heavy atom. The van der Waals surface area contributed by atoms with Gasteiger partial charge in [-0.15, -0.1) is 0 Å². The number of primary sulfonamides is 1. The van der Waals surface area contributed by atoms with Gasteiger partial charge in [-0.2, -0.15) is 0 Å². The van der Waals surface area contributed by atoms with Crippen LogP contribution in [0.2, 0.25) is 0 Å². The Bertz CT molecular complexity index is 321. The molecule has 0 saturated heterocycles. The summed E-state index contributed by atoms with van der Waals surface area (Å²) in [5.41, 5.74) is -0.224. The average molecular weight is 277 g/mol. The third-order valence-electron chi connectivity index (χ3n) is 3.72. The van der Waals surface area contributed by atoms with Crippen LogP contribution in [0.1, 0.15) is 58.3 Å². The molecule has 0 radical (unpaired) electrons. The van der Waals surface area contributed by atoms with E-state index in [9.17, 15) is 8.42 Å². The Morgan fingerprint density at radius 1 is 1.17 bits per heavy atom. The van der Waals surface area contributed by atoms with Crippen LogP contribution in [-0.2, 0) is 14.8 Å². The molecule has 1 rings (SSSR count). The summed E-state index contributed by atoms with van der Waals surface area (Å²) >= 11 is 0. The van der Waals surface area contributed by atoms with Crippen LogP contribution in [0.5, 0.6) is 0 Å². The second-order valence-corrected chi connectivity index (χ2v) is 7.24. The Hall–Kier alpha value is -0.130. The topological polar surface area (TPSA) is 69.4 Å². The minimum Gasteiger partial charge on any atom is -0.381 e. The van der Waals surface area contributed by atoms with E-state index >= 15 is 0 Å². The van der Waals surface area contributed by atoms with Gasteiger partial charge in [-0.3, -0.25) is 0 Å². The molecular formula is C13H27NO3S. The first-order chi connectivity index (χ1) is 8.47. The predicted octanol–water partition coefficient (Wildman–Crippen LogP) is 2.43. The van der Waals surface area contributed by atoms with E-state index in [1.807, 2.05) is 0 Å². The van der Waals surface area contributed by atoms with E-state index < -0.39 is 10.0 Å². The fourth-order valence-corrected chi connectivity index (χ4v) is 4.03. The van der Waals surface area contributed by atoms with E-state index in [2.05, 4.69) is 6.92 Å². The molecule has 2 N–H and O–H groups in total. The number of ether oxygens (including phenoxy) is 1. The predicted molar refractivity (Wildman–Crippen MR) is 73.8 cm³/mol. The third-order valence-corrected chi connectivity index (χ3v) is 4.74.